The van der Waals surface area contributed by atoms with Gasteiger partial charge in [0, 0.05) is 24.6 Å². The van der Waals surface area contributed by atoms with Crippen LogP contribution >= 0.6 is 0 Å². The molecule has 1 saturated heterocycles. The Bertz CT molecular complexity index is 1300. The van der Waals surface area contributed by atoms with Crippen molar-refractivity contribution in [2.75, 3.05) is 25.0 Å². The lowest BCUT2D eigenvalue weighted by Gasteiger charge is -2.39. The van der Waals surface area contributed by atoms with E-state index in [1.54, 1.807) is 35.5 Å². The van der Waals surface area contributed by atoms with Gasteiger partial charge in [0.05, 0.1) is 29.6 Å². The summed E-state index contributed by atoms with van der Waals surface area (Å²) in [5.41, 5.74) is 2.96. The van der Waals surface area contributed by atoms with E-state index in [-0.39, 0.29) is 25.0 Å². The van der Waals surface area contributed by atoms with Gasteiger partial charge in [0.15, 0.2) is 6.10 Å². The summed E-state index contributed by atoms with van der Waals surface area (Å²) >= 11 is 0. The van der Waals surface area contributed by atoms with Crippen LogP contribution in [-0.2, 0) is 19.7 Å². The minimum Gasteiger partial charge on any atom is -0.365 e. The summed E-state index contributed by atoms with van der Waals surface area (Å²) in [4.78, 5) is 37.3. The lowest BCUT2D eigenvalue weighted by Crippen LogP contribution is -2.55. The molecule has 3 aromatic carbocycles. The largest absolute Gasteiger partial charge is 0.365 e. The van der Waals surface area contributed by atoms with E-state index in [0.29, 0.717) is 17.7 Å². The molecular weight excluding hydrogens is 440 g/mol. The number of carbonyl (C=O) groups excluding carboxylic acids is 2. The Morgan fingerprint density at radius 3 is 2.20 bits per heavy atom. The number of benzene rings is 3. The van der Waals surface area contributed by atoms with Gasteiger partial charge in [-0.3, -0.25) is 19.6 Å². The molecule has 1 aliphatic heterocycles. The van der Waals surface area contributed by atoms with Crippen LogP contribution < -0.4 is 5.32 Å². The molecule has 1 aromatic heterocycles. The molecule has 7 heteroatoms. The molecule has 0 aliphatic carbocycles. The first kappa shape index (κ1) is 22.7. The Hall–Kier alpha value is -4.10. The molecule has 1 atom stereocenters. The lowest BCUT2D eigenvalue weighted by molar-refractivity contribution is -0.147. The predicted octanol–water partition coefficient (Wildman–Crippen LogP) is 3.80. The minimum absolute atomic E-state index is 0.0584. The monoisotopic (exact) mass is 466 g/mol. The highest BCUT2D eigenvalue weighted by atomic mass is 16.5. The fourth-order valence-electron chi connectivity index (χ4n) is 4.53. The summed E-state index contributed by atoms with van der Waals surface area (Å²) in [6.45, 7) is 2.82. The van der Waals surface area contributed by atoms with E-state index < -0.39 is 11.5 Å². The minimum atomic E-state index is -0.891. The fourth-order valence-corrected chi connectivity index (χ4v) is 4.53. The molecule has 1 fully saturated rings. The Balaban J connectivity index is 1.36. The van der Waals surface area contributed by atoms with Crippen molar-refractivity contribution in [1.29, 1.82) is 0 Å². The van der Waals surface area contributed by atoms with E-state index >= 15 is 0 Å². The van der Waals surface area contributed by atoms with Gasteiger partial charge in [-0.2, -0.15) is 0 Å². The van der Waals surface area contributed by atoms with Crippen molar-refractivity contribution in [2.45, 2.75) is 18.4 Å². The van der Waals surface area contributed by atoms with E-state index in [0.717, 1.165) is 16.6 Å². The molecule has 1 N–H and O–H groups in total. The first-order valence-electron chi connectivity index (χ1n) is 11.6. The van der Waals surface area contributed by atoms with Gasteiger partial charge < -0.3 is 15.0 Å². The van der Waals surface area contributed by atoms with E-state index in [1.807, 2.05) is 67.6 Å². The van der Waals surface area contributed by atoms with Gasteiger partial charge >= 0.3 is 0 Å². The molecule has 0 radical (unpaired) electrons. The summed E-state index contributed by atoms with van der Waals surface area (Å²) in [5, 5.41) is 2.90. The Morgan fingerprint density at radius 2 is 1.54 bits per heavy atom. The standard InChI is InChI=1S/C28H26N4O3/c1-28(20-8-4-2-5-9-20,21-10-6-3-7-11-21)27(34)32-16-17-35-25(19-32)26(33)31-22-12-13-23-24(18-22)30-15-14-29-23/h2-15,18,25H,16-17,19H2,1H3,(H,31,33). The summed E-state index contributed by atoms with van der Waals surface area (Å²) in [6, 6.07) is 24.9. The van der Waals surface area contributed by atoms with Crippen LogP contribution in [0.1, 0.15) is 18.1 Å². The molecule has 0 bridgehead atoms. The number of ether oxygens (including phenoxy) is 1. The van der Waals surface area contributed by atoms with Crippen LogP contribution in [0.5, 0.6) is 0 Å². The Kier molecular flexibility index (Phi) is 6.25. The van der Waals surface area contributed by atoms with Crippen molar-refractivity contribution < 1.29 is 14.3 Å². The molecule has 4 aromatic rings. The van der Waals surface area contributed by atoms with Crippen LogP contribution in [0, 0.1) is 0 Å². The second kappa shape index (κ2) is 9.64. The molecule has 2 amide bonds. The SMILES string of the molecule is CC(C(=O)N1CCOC(C(=O)Nc2ccc3nccnc3c2)C1)(c1ccccc1)c1ccccc1. The smallest absolute Gasteiger partial charge is 0.255 e. The van der Waals surface area contributed by atoms with Crippen molar-refractivity contribution in [3.63, 3.8) is 0 Å². The first-order valence-corrected chi connectivity index (χ1v) is 11.6. The van der Waals surface area contributed by atoms with Gasteiger partial charge in [-0.25, -0.2) is 0 Å². The first-order chi connectivity index (χ1) is 17.1. The third-order valence-electron chi connectivity index (χ3n) is 6.51. The molecular formula is C28H26N4O3. The van der Waals surface area contributed by atoms with E-state index in [1.165, 1.54) is 0 Å². The number of morpholine rings is 1. The Labute approximate surface area is 203 Å². The van der Waals surface area contributed by atoms with Gasteiger partial charge in [0.25, 0.3) is 5.91 Å². The number of fused-ring (bicyclic) bond motifs is 1. The lowest BCUT2D eigenvalue weighted by atomic mass is 9.75. The molecule has 0 spiro atoms. The van der Waals surface area contributed by atoms with Gasteiger partial charge in [0.2, 0.25) is 5.91 Å². The summed E-state index contributed by atoms with van der Waals surface area (Å²) in [5.74, 6) is -0.358. The highest BCUT2D eigenvalue weighted by Gasteiger charge is 2.42. The number of carbonyl (C=O) groups is 2. The average molecular weight is 467 g/mol. The zero-order chi connectivity index (χ0) is 24.3. The van der Waals surface area contributed by atoms with Crippen LogP contribution in [0.3, 0.4) is 0 Å². The van der Waals surface area contributed by atoms with Crippen molar-refractivity contribution >= 4 is 28.5 Å². The van der Waals surface area contributed by atoms with Crippen molar-refractivity contribution in [1.82, 2.24) is 14.9 Å². The third kappa shape index (κ3) is 4.50. The highest BCUT2D eigenvalue weighted by Crippen LogP contribution is 2.34. The second-order valence-corrected chi connectivity index (χ2v) is 8.72. The van der Waals surface area contributed by atoms with Crippen LogP contribution in [0.2, 0.25) is 0 Å². The van der Waals surface area contributed by atoms with Crippen LogP contribution in [0.25, 0.3) is 11.0 Å². The summed E-state index contributed by atoms with van der Waals surface area (Å²) in [6.07, 6.45) is 2.46. The number of hydrogen-bond acceptors (Lipinski definition) is 5. The highest BCUT2D eigenvalue weighted by molar-refractivity contribution is 5.97. The van der Waals surface area contributed by atoms with Crippen LogP contribution in [0.15, 0.2) is 91.3 Å². The average Bonchev–Trinajstić information content (AvgIpc) is 2.93. The fraction of sp³-hybridized carbons (Fsp3) is 0.214. The number of nitrogens with one attached hydrogen (secondary N) is 1. The van der Waals surface area contributed by atoms with Gasteiger partial charge in [-0.1, -0.05) is 60.7 Å². The number of hydrogen-bond donors (Lipinski definition) is 1. The molecule has 5 rings (SSSR count). The van der Waals surface area contributed by atoms with Gasteiger partial charge in [0.1, 0.15) is 0 Å². The van der Waals surface area contributed by atoms with E-state index in [4.69, 9.17) is 4.74 Å². The summed E-state index contributed by atoms with van der Waals surface area (Å²) < 4.78 is 5.77. The van der Waals surface area contributed by atoms with Crippen LogP contribution in [0.4, 0.5) is 5.69 Å². The van der Waals surface area contributed by atoms with Gasteiger partial charge in [-0.05, 0) is 36.2 Å². The number of nitrogens with zero attached hydrogens (tertiary/aromatic N) is 3. The zero-order valence-electron chi connectivity index (χ0n) is 19.4. The number of anilines is 1. The topological polar surface area (TPSA) is 84.4 Å². The van der Waals surface area contributed by atoms with E-state index in [9.17, 15) is 9.59 Å². The van der Waals surface area contributed by atoms with E-state index in [2.05, 4.69) is 15.3 Å². The van der Waals surface area contributed by atoms with Crippen molar-refractivity contribution in [3.05, 3.63) is 102 Å². The van der Waals surface area contributed by atoms with Crippen molar-refractivity contribution in [2.24, 2.45) is 0 Å². The zero-order valence-corrected chi connectivity index (χ0v) is 19.4. The molecule has 1 unspecified atom stereocenters. The maximum atomic E-state index is 14.0. The quantitative estimate of drug-likeness (QED) is 0.484. The molecule has 2 heterocycles. The molecule has 1 aliphatic rings. The van der Waals surface area contributed by atoms with Crippen LogP contribution in [-0.4, -0.2) is 52.5 Å². The number of aromatic nitrogens is 2. The maximum Gasteiger partial charge on any atom is 0.255 e. The molecule has 176 valence electrons. The maximum absolute atomic E-state index is 14.0. The predicted molar refractivity (Wildman–Crippen MR) is 134 cm³/mol. The van der Waals surface area contributed by atoms with Crippen molar-refractivity contribution in [3.8, 4) is 0 Å². The van der Waals surface area contributed by atoms with Gasteiger partial charge in [-0.15, -0.1) is 0 Å². The Morgan fingerprint density at radius 1 is 0.914 bits per heavy atom. The number of rotatable bonds is 5. The third-order valence-corrected chi connectivity index (χ3v) is 6.51. The molecule has 0 saturated carbocycles. The molecule has 35 heavy (non-hydrogen) atoms. The summed E-state index contributed by atoms with van der Waals surface area (Å²) in [7, 11) is 0. The second-order valence-electron chi connectivity index (χ2n) is 8.72. The number of amides is 2. The molecule has 7 nitrogen and oxygen atoms in total. The normalized spacial score (nSPS) is 16.1.